The lowest BCUT2D eigenvalue weighted by atomic mass is 10.6. The third-order valence-electron chi connectivity index (χ3n) is 1.35. The molecule has 0 nitrogen and oxygen atoms in total. The Morgan fingerprint density at radius 1 is 1.22 bits per heavy atom. The van der Waals surface area contributed by atoms with Crippen LogP contribution in [0.3, 0.4) is 0 Å². The molecule has 0 fully saturated rings. The van der Waals surface area contributed by atoms with Crippen LogP contribution in [0.2, 0.25) is 38.3 Å². The summed E-state index contributed by atoms with van der Waals surface area (Å²) in [5.74, 6) is 0. The van der Waals surface area contributed by atoms with Gasteiger partial charge in [0.25, 0.3) is 0 Å². The van der Waals surface area contributed by atoms with Crippen molar-refractivity contribution in [1.82, 2.24) is 0 Å². The van der Waals surface area contributed by atoms with Crippen molar-refractivity contribution in [2.75, 3.05) is 0 Å². The van der Waals surface area contributed by atoms with Crippen LogP contribution < -0.4 is 0 Å². The Morgan fingerprint density at radius 3 is 2.11 bits per heavy atom. The molecule has 0 saturated carbocycles. The predicted octanol–water partition coefficient (Wildman–Crippen LogP) is 2.89. The van der Waals surface area contributed by atoms with Gasteiger partial charge in [-0.25, -0.2) is 0 Å². The maximum Gasteiger partial charge on any atom is 0.0442 e. The average Bonchev–Trinajstić information content (AvgIpc) is 1.63. The van der Waals surface area contributed by atoms with E-state index in [1.807, 2.05) is 0 Å². The summed E-state index contributed by atoms with van der Waals surface area (Å²) in [5.41, 5.74) is 0. The molecular weight excluding hydrogens is 140 g/mol. The second kappa shape index (κ2) is 4.28. The molecule has 0 unspecified atom stereocenters. The van der Waals surface area contributed by atoms with Crippen LogP contribution >= 0.6 is 0 Å². The molecular formula is C7H18Si2. The summed E-state index contributed by atoms with van der Waals surface area (Å²) in [6.07, 6.45) is 1.48. The van der Waals surface area contributed by atoms with Crippen molar-refractivity contribution in [3.8, 4) is 0 Å². The summed E-state index contributed by atoms with van der Waals surface area (Å²) in [6.45, 7) is 9.65. The Hall–Kier alpha value is 0.434. The highest BCUT2D eigenvalue weighted by atomic mass is 28.3. The Kier molecular flexibility index (Phi) is 4.49. The molecule has 0 atom stereocenters. The average molecular weight is 158 g/mol. The second-order valence-corrected chi connectivity index (χ2v) is 10.6. The fourth-order valence-corrected chi connectivity index (χ4v) is 2.92. The van der Waals surface area contributed by atoms with Crippen molar-refractivity contribution >= 4 is 17.6 Å². The van der Waals surface area contributed by atoms with Gasteiger partial charge in [-0.15, -0.1) is 0 Å². The monoisotopic (exact) mass is 158 g/mol. The van der Waals surface area contributed by atoms with Crippen LogP contribution in [0.4, 0.5) is 0 Å². The minimum atomic E-state index is -0.690. The van der Waals surface area contributed by atoms with Gasteiger partial charge in [0, 0.05) is 17.6 Å². The smallest absolute Gasteiger partial charge is 0.0442 e. The lowest BCUT2D eigenvalue weighted by molar-refractivity contribution is 1.04. The van der Waals surface area contributed by atoms with Crippen LogP contribution in [-0.2, 0) is 0 Å². The van der Waals surface area contributed by atoms with Crippen molar-refractivity contribution in [2.45, 2.75) is 44.7 Å². The van der Waals surface area contributed by atoms with E-state index in [9.17, 15) is 0 Å². The second-order valence-electron chi connectivity index (χ2n) is 3.77. The quantitative estimate of drug-likeness (QED) is 0.436. The molecule has 0 rings (SSSR count). The maximum absolute atomic E-state index is 2.45. The lowest BCUT2D eigenvalue weighted by Gasteiger charge is -2.14. The lowest BCUT2D eigenvalue weighted by Crippen LogP contribution is -2.18. The zero-order valence-corrected chi connectivity index (χ0v) is 9.12. The summed E-state index contributed by atoms with van der Waals surface area (Å²) in [6, 6.07) is 2.98. The van der Waals surface area contributed by atoms with Crippen molar-refractivity contribution in [1.29, 1.82) is 0 Å². The topological polar surface area (TPSA) is 0 Å². The third-order valence-corrected chi connectivity index (χ3v) is 4.06. The van der Waals surface area contributed by atoms with E-state index in [-0.39, 0.29) is 0 Å². The van der Waals surface area contributed by atoms with E-state index >= 15 is 0 Å². The minimum absolute atomic E-state index is 0.690. The number of hydrogen-bond donors (Lipinski definition) is 0. The molecule has 0 aliphatic carbocycles. The van der Waals surface area contributed by atoms with Gasteiger partial charge in [0.1, 0.15) is 0 Å². The molecule has 0 aliphatic rings. The van der Waals surface area contributed by atoms with Crippen molar-refractivity contribution in [3.63, 3.8) is 0 Å². The fraction of sp³-hybridized carbons (Fsp3) is 1.00. The standard InChI is InChI=1S/C7H18Si2/c1-8-6-5-7-9(2,3)4/h5-7H2,1-4H3. The van der Waals surface area contributed by atoms with Gasteiger partial charge in [-0.05, 0) is 0 Å². The molecule has 0 N–H and O–H groups in total. The molecule has 2 radical (unpaired) electrons. The molecule has 0 amide bonds. The van der Waals surface area contributed by atoms with E-state index in [1.54, 1.807) is 0 Å². The maximum atomic E-state index is 2.45. The van der Waals surface area contributed by atoms with E-state index < -0.39 is 8.07 Å². The molecule has 0 aliphatic heterocycles. The van der Waals surface area contributed by atoms with Gasteiger partial charge < -0.3 is 0 Å². The van der Waals surface area contributed by atoms with Crippen molar-refractivity contribution < 1.29 is 0 Å². The molecule has 0 aromatic heterocycles. The predicted molar refractivity (Wildman–Crippen MR) is 49.2 cm³/mol. The molecule has 2 heteroatoms. The van der Waals surface area contributed by atoms with Gasteiger partial charge in [-0.1, -0.05) is 44.7 Å². The highest BCUT2D eigenvalue weighted by molar-refractivity contribution is 6.76. The Labute approximate surface area is 62.9 Å². The first-order valence-electron chi connectivity index (χ1n) is 3.71. The van der Waals surface area contributed by atoms with Crippen molar-refractivity contribution in [3.05, 3.63) is 0 Å². The molecule has 54 valence electrons. The van der Waals surface area contributed by atoms with Crippen LogP contribution in [0, 0.1) is 0 Å². The van der Waals surface area contributed by atoms with Gasteiger partial charge in [-0.3, -0.25) is 0 Å². The first kappa shape index (κ1) is 9.43. The van der Waals surface area contributed by atoms with Crippen LogP contribution in [0.5, 0.6) is 0 Å². The van der Waals surface area contributed by atoms with Crippen LogP contribution in [-0.4, -0.2) is 17.6 Å². The zero-order chi connectivity index (χ0) is 7.33. The largest absolute Gasteiger partial charge is 0.0733 e. The third kappa shape index (κ3) is 8.43. The van der Waals surface area contributed by atoms with Crippen LogP contribution in [0.25, 0.3) is 0 Å². The Balaban J connectivity index is 3.07. The van der Waals surface area contributed by atoms with Crippen LogP contribution in [0.15, 0.2) is 0 Å². The molecule has 0 aromatic rings. The van der Waals surface area contributed by atoms with Gasteiger partial charge in [-0.2, -0.15) is 0 Å². The molecule has 0 aromatic carbocycles. The van der Waals surface area contributed by atoms with E-state index in [0.29, 0.717) is 0 Å². The molecule has 0 saturated heterocycles. The van der Waals surface area contributed by atoms with Gasteiger partial charge in [0.05, 0.1) is 0 Å². The summed E-state index contributed by atoms with van der Waals surface area (Å²) >= 11 is 0. The summed E-state index contributed by atoms with van der Waals surface area (Å²) < 4.78 is 0. The molecule has 0 bridgehead atoms. The normalized spacial score (nSPS) is 12.0. The summed E-state index contributed by atoms with van der Waals surface area (Å²) in [5, 5.41) is 0. The number of hydrogen-bond acceptors (Lipinski definition) is 0. The first-order valence-corrected chi connectivity index (χ1v) is 9.12. The highest BCUT2D eigenvalue weighted by Crippen LogP contribution is 2.12. The van der Waals surface area contributed by atoms with Gasteiger partial charge in [0.2, 0.25) is 0 Å². The van der Waals surface area contributed by atoms with Gasteiger partial charge >= 0.3 is 0 Å². The van der Waals surface area contributed by atoms with Gasteiger partial charge in [0.15, 0.2) is 0 Å². The molecule has 0 spiro atoms. The zero-order valence-electron chi connectivity index (χ0n) is 7.12. The number of rotatable bonds is 4. The van der Waals surface area contributed by atoms with E-state index in [2.05, 4.69) is 26.2 Å². The molecule has 0 heterocycles. The fourth-order valence-electron chi connectivity index (χ4n) is 0.795. The summed E-state index contributed by atoms with van der Waals surface area (Å²) in [4.78, 5) is 0. The van der Waals surface area contributed by atoms with Crippen LogP contribution in [0.1, 0.15) is 6.42 Å². The Bertz CT molecular complexity index is 63.8. The highest BCUT2D eigenvalue weighted by Gasteiger charge is 2.10. The van der Waals surface area contributed by atoms with Crippen molar-refractivity contribution in [2.24, 2.45) is 0 Å². The van der Waals surface area contributed by atoms with E-state index in [4.69, 9.17) is 0 Å². The minimum Gasteiger partial charge on any atom is -0.0733 e. The first-order chi connectivity index (χ1) is 4.06. The Morgan fingerprint density at radius 2 is 1.78 bits per heavy atom. The van der Waals surface area contributed by atoms with E-state index in [0.717, 1.165) is 0 Å². The summed E-state index contributed by atoms with van der Waals surface area (Å²) in [7, 11) is 0.476. The van der Waals surface area contributed by atoms with E-state index in [1.165, 1.54) is 28.0 Å². The molecule has 9 heavy (non-hydrogen) atoms. The SMILES string of the molecule is C[Si]CCC[Si](C)(C)C.